The van der Waals surface area contributed by atoms with Crippen molar-refractivity contribution in [1.82, 2.24) is 0 Å². The van der Waals surface area contributed by atoms with Crippen molar-refractivity contribution in [3.8, 4) is 0 Å². The van der Waals surface area contributed by atoms with Crippen molar-refractivity contribution in [3.63, 3.8) is 0 Å². The molecule has 1 atom stereocenters. The van der Waals surface area contributed by atoms with Crippen molar-refractivity contribution in [1.29, 1.82) is 0 Å². The molecule has 1 aliphatic rings. The molecule has 0 fully saturated rings. The SMILES string of the molecule is CC(=O)OCC(=O)N1c2ccccc2NC(=O)C[C@H]1C. The van der Waals surface area contributed by atoms with Crippen LogP contribution in [0.15, 0.2) is 24.3 Å². The van der Waals surface area contributed by atoms with Crippen LogP contribution in [-0.2, 0) is 19.1 Å². The van der Waals surface area contributed by atoms with Crippen LogP contribution >= 0.6 is 0 Å². The fourth-order valence-electron chi connectivity index (χ4n) is 2.20. The summed E-state index contributed by atoms with van der Waals surface area (Å²) in [6, 6.07) is 6.75. The average molecular weight is 276 g/mol. The van der Waals surface area contributed by atoms with Crippen LogP contribution in [0.3, 0.4) is 0 Å². The maximum Gasteiger partial charge on any atom is 0.303 e. The van der Waals surface area contributed by atoms with E-state index in [4.69, 9.17) is 4.74 Å². The number of para-hydroxylation sites is 2. The third-order valence-corrected chi connectivity index (χ3v) is 3.03. The molecule has 0 saturated heterocycles. The Bertz CT molecular complexity index is 556. The fourth-order valence-corrected chi connectivity index (χ4v) is 2.20. The number of amides is 2. The van der Waals surface area contributed by atoms with Crippen LogP contribution in [0.2, 0.25) is 0 Å². The molecular formula is C14H16N2O4. The van der Waals surface area contributed by atoms with E-state index in [1.165, 1.54) is 11.8 Å². The predicted molar refractivity (Wildman–Crippen MR) is 73.3 cm³/mol. The first-order valence-electron chi connectivity index (χ1n) is 6.33. The molecule has 106 valence electrons. The quantitative estimate of drug-likeness (QED) is 0.826. The Hall–Kier alpha value is -2.37. The van der Waals surface area contributed by atoms with Gasteiger partial charge in [-0.3, -0.25) is 14.4 Å². The summed E-state index contributed by atoms with van der Waals surface area (Å²) in [5, 5.41) is 2.76. The van der Waals surface area contributed by atoms with Gasteiger partial charge in [0, 0.05) is 19.4 Å². The molecule has 0 radical (unpaired) electrons. The van der Waals surface area contributed by atoms with E-state index in [0.29, 0.717) is 11.4 Å². The molecule has 1 N–H and O–H groups in total. The Balaban J connectivity index is 2.32. The number of benzene rings is 1. The highest BCUT2D eigenvalue weighted by atomic mass is 16.5. The van der Waals surface area contributed by atoms with E-state index < -0.39 is 5.97 Å². The Morgan fingerprint density at radius 2 is 2.10 bits per heavy atom. The molecule has 0 unspecified atom stereocenters. The Labute approximate surface area is 116 Å². The van der Waals surface area contributed by atoms with Crippen molar-refractivity contribution < 1.29 is 19.1 Å². The van der Waals surface area contributed by atoms with Crippen LogP contribution < -0.4 is 10.2 Å². The van der Waals surface area contributed by atoms with Gasteiger partial charge in [-0.1, -0.05) is 12.1 Å². The van der Waals surface area contributed by atoms with E-state index in [-0.39, 0.29) is 30.9 Å². The minimum Gasteiger partial charge on any atom is -0.456 e. The summed E-state index contributed by atoms with van der Waals surface area (Å²) < 4.78 is 4.75. The first-order valence-corrected chi connectivity index (χ1v) is 6.33. The molecule has 0 aliphatic carbocycles. The lowest BCUT2D eigenvalue weighted by Crippen LogP contribution is -2.41. The molecule has 20 heavy (non-hydrogen) atoms. The maximum atomic E-state index is 12.2. The number of nitrogens with one attached hydrogen (secondary N) is 1. The zero-order valence-corrected chi connectivity index (χ0v) is 11.4. The Kier molecular flexibility index (Phi) is 4.02. The molecule has 0 saturated carbocycles. The predicted octanol–water partition coefficient (Wildman–Crippen LogP) is 1.31. The summed E-state index contributed by atoms with van der Waals surface area (Å²) in [5.74, 6) is -1.01. The second kappa shape index (κ2) is 5.73. The molecule has 6 nitrogen and oxygen atoms in total. The zero-order chi connectivity index (χ0) is 14.7. The summed E-state index contributed by atoms with van der Waals surface area (Å²) >= 11 is 0. The number of hydrogen-bond donors (Lipinski definition) is 1. The van der Waals surface area contributed by atoms with Gasteiger partial charge >= 0.3 is 5.97 Å². The Morgan fingerprint density at radius 3 is 2.80 bits per heavy atom. The van der Waals surface area contributed by atoms with Crippen LogP contribution in [0.4, 0.5) is 11.4 Å². The van der Waals surface area contributed by atoms with Gasteiger partial charge in [0.05, 0.1) is 11.4 Å². The van der Waals surface area contributed by atoms with E-state index in [9.17, 15) is 14.4 Å². The van der Waals surface area contributed by atoms with E-state index in [2.05, 4.69) is 5.32 Å². The molecule has 0 spiro atoms. The smallest absolute Gasteiger partial charge is 0.303 e. The van der Waals surface area contributed by atoms with Gasteiger partial charge in [-0.2, -0.15) is 0 Å². The number of esters is 1. The molecule has 2 rings (SSSR count). The minimum absolute atomic E-state index is 0.146. The summed E-state index contributed by atoms with van der Waals surface area (Å²) in [6.07, 6.45) is 0.195. The molecule has 1 aromatic carbocycles. The Morgan fingerprint density at radius 1 is 1.40 bits per heavy atom. The van der Waals surface area contributed by atoms with Crippen LogP contribution in [0.1, 0.15) is 20.3 Å². The monoisotopic (exact) mass is 276 g/mol. The average Bonchev–Trinajstić information content (AvgIpc) is 2.50. The van der Waals surface area contributed by atoms with Gasteiger partial charge in [-0.15, -0.1) is 0 Å². The van der Waals surface area contributed by atoms with Crippen molar-refractivity contribution in [2.24, 2.45) is 0 Å². The van der Waals surface area contributed by atoms with Crippen LogP contribution in [0.5, 0.6) is 0 Å². The number of hydrogen-bond acceptors (Lipinski definition) is 4. The van der Waals surface area contributed by atoms with Crippen molar-refractivity contribution in [2.45, 2.75) is 26.3 Å². The molecule has 1 aromatic rings. The number of nitrogens with zero attached hydrogens (tertiary/aromatic N) is 1. The van der Waals surface area contributed by atoms with Gasteiger partial charge < -0.3 is 15.0 Å². The molecule has 0 bridgehead atoms. The van der Waals surface area contributed by atoms with Gasteiger partial charge in [0.25, 0.3) is 5.91 Å². The van der Waals surface area contributed by atoms with E-state index in [0.717, 1.165) is 0 Å². The number of carbonyl (C=O) groups excluding carboxylic acids is 3. The number of carbonyl (C=O) groups is 3. The van der Waals surface area contributed by atoms with E-state index >= 15 is 0 Å². The third kappa shape index (κ3) is 2.96. The van der Waals surface area contributed by atoms with E-state index in [1.54, 1.807) is 31.2 Å². The van der Waals surface area contributed by atoms with Gasteiger partial charge in [-0.05, 0) is 19.1 Å². The summed E-state index contributed by atoms with van der Waals surface area (Å²) in [5.41, 5.74) is 1.20. The topological polar surface area (TPSA) is 75.7 Å². The van der Waals surface area contributed by atoms with E-state index in [1.807, 2.05) is 0 Å². The molecule has 2 amide bonds. The molecular weight excluding hydrogens is 260 g/mol. The fraction of sp³-hybridized carbons (Fsp3) is 0.357. The molecule has 1 aliphatic heterocycles. The van der Waals surface area contributed by atoms with Gasteiger partial charge in [0.2, 0.25) is 5.91 Å². The maximum absolute atomic E-state index is 12.2. The number of anilines is 2. The number of rotatable bonds is 2. The van der Waals surface area contributed by atoms with Crippen molar-refractivity contribution >= 4 is 29.2 Å². The standard InChI is InChI=1S/C14H16N2O4/c1-9-7-13(18)15-11-5-3-4-6-12(11)16(9)14(19)8-20-10(2)17/h3-6,9H,7-8H2,1-2H3,(H,15,18)/t9-/m1/s1. The zero-order valence-electron chi connectivity index (χ0n) is 11.4. The first-order chi connectivity index (χ1) is 9.49. The van der Waals surface area contributed by atoms with Crippen molar-refractivity contribution in [3.05, 3.63) is 24.3 Å². The molecule has 6 heteroatoms. The van der Waals surface area contributed by atoms with Gasteiger partial charge in [0.1, 0.15) is 0 Å². The van der Waals surface area contributed by atoms with Crippen LogP contribution in [-0.4, -0.2) is 30.4 Å². The number of ether oxygens (including phenoxy) is 1. The number of fused-ring (bicyclic) bond motifs is 1. The van der Waals surface area contributed by atoms with Crippen molar-refractivity contribution in [2.75, 3.05) is 16.8 Å². The lowest BCUT2D eigenvalue weighted by Gasteiger charge is -2.27. The first kappa shape index (κ1) is 14.0. The third-order valence-electron chi connectivity index (χ3n) is 3.03. The van der Waals surface area contributed by atoms with Gasteiger partial charge in [-0.25, -0.2) is 0 Å². The van der Waals surface area contributed by atoms with Crippen LogP contribution in [0.25, 0.3) is 0 Å². The largest absolute Gasteiger partial charge is 0.456 e. The van der Waals surface area contributed by atoms with Gasteiger partial charge in [0.15, 0.2) is 6.61 Å². The highest BCUT2D eigenvalue weighted by Gasteiger charge is 2.29. The second-order valence-electron chi connectivity index (χ2n) is 4.66. The lowest BCUT2D eigenvalue weighted by atomic mass is 10.1. The minimum atomic E-state index is -0.511. The second-order valence-corrected chi connectivity index (χ2v) is 4.66. The summed E-state index contributed by atoms with van der Waals surface area (Å²) in [7, 11) is 0. The highest BCUT2D eigenvalue weighted by molar-refractivity contribution is 6.04. The molecule has 1 heterocycles. The highest BCUT2D eigenvalue weighted by Crippen LogP contribution is 2.31. The molecule has 0 aromatic heterocycles. The summed E-state index contributed by atoms with van der Waals surface area (Å²) in [6.45, 7) is 2.70. The van der Waals surface area contributed by atoms with Crippen LogP contribution in [0, 0.1) is 0 Å². The lowest BCUT2D eigenvalue weighted by molar-refractivity contribution is -0.145. The summed E-state index contributed by atoms with van der Waals surface area (Å²) in [4.78, 5) is 36.3. The normalized spacial score (nSPS) is 17.8.